The summed E-state index contributed by atoms with van der Waals surface area (Å²) in [4.78, 5) is 30.7. The highest BCUT2D eigenvalue weighted by Crippen LogP contribution is 1.94. The molecule has 0 unspecified atom stereocenters. The van der Waals surface area contributed by atoms with Crippen LogP contribution in [0.4, 0.5) is 14.4 Å². The Morgan fingerprint density at radius 1 is 1.14 bits per heavy atom. The lowest BCUT2D eigenvalue weighted by Crippen LogP contribution is -2.17. The van der Waals surface area contributed by atoms with E-state index in [1.807, 2.05) is 6.92 Å². The molecule has 0 amide bonds. The van der Waals surface area contributed by atoms with Gasteiger partial charge in [-0.3, -0.25) is 0 Å². The Morgan fingerprint density at radius 2 is 1.79 bits per heavy atom. The Kier molecular flexibility index (Phi) is 5.84. The molecule has 0 saturated heterocycles. The van der Waals surface area contributed by atoms with Gasteiger partial charge in [-0.25, -0.2) is 14.4 Å². The van der Waals surface area contributed by atoms with Crippen LogP contribution in [0.25, 0.3) is 0 Å². The lowest BCUT2D eigenvalue weighted by Gasteiger charge is -2.01. The van der Waals surface area contributed by atoms with E-state index in [0.717, 1.165) is 6.42 Å². The topological polar surface area (TPSA) is 99.1 Å². The molecular weight excluding hydrogens is 196 g/mol. The number of carboxylic acid groups (broad SMARTS) is 1. The van der Waals surface area contributed by atoms with Crippen LogP contribution >= 0.6 is 0 Å². The second-order valence-electron chi connectivity index (χ2n) is 2.17. The molecule has 0 saturated carbocycles. The van der Waals surface area contributed by atoms with Crippen molar-refractivity contribution in [3.05, 3.63) is 0 Å². The smallest absolute Gasteiger partial charge is 0.449 e. The van der Waals surface area contributed by atoms with E-state index in [9.17, 15) is 14.4 Å². The summed E-state index contributed by atoms with van der Waals surface area (Å²) >= 11 is 0. The molecule has 0 heterocycles. The summed E-state index contributed by atoms with van der Waals surface area (Å²) in [6.07, 6.45) is -3.31. The number of carbonyl (C=O) groups is 3. The minimum atomic E-state index is -1.85. The molecule has 0 fully saturated rings. The van der Waals surface area contributed by atoms with Crippen LogP contribution in [-0.2, 0) is 14.2 Å². The number of rotatable bonds is 3. The summed E-state index contributed by atoms with van der Waals surface area (Å²) < 4.78 is 11.7. The highest BCUT2D eigenvalue weighted by molar-refractivity contribution is 5.83. The molecule has 7 nitrogen and oxygen atoms in total. The summed E-state index contributed by atoms with van der Waals surface area (Å²) in [6, 6.07) is 0. The molecule has 0 rings (SSSR count). The van der Waals surface area contributed by atoms with Crippen LogP contribution in [0.5, 0.6) is 0 Å². The summed E-state index contributed by atoms with van der Waals surface area (Å²) in [6.45, 7) is 1.99. The van der Waals surface area contributed by atoms with E-state index in [4.69, 9.17) is 5.11 Å². The van der Waals surface area contributed by atoms with Crippen LogP contribution in [0.15, 0.2) is 0 Å². The van der Waals surface area contributed by atoms with E-state index in [1.54, 1.807) is 0 Å². The molecule has 0 aromatic heterocycles. The van der Waals surface area contributed by atoms with Crippen molar-refractivity contribution in [1.82, 2.24) is 0 Å². The van der Waals surface area contributed by atoms with E-state index in [1.165, 1.54) is 0 Å². The molecule has 7 heteroatoms. The molecule has 0 aliphatic heterocycles. The fourth-order valence-corrected chi connectivity index (χ4v) is 0.489. The number of carbonyl (C=O) groups excluding carboxylic acids is 2. The van der Waals surface area contributed by atoms with Crippen molar-refractivity contribution in [1.29, 1.82) is 0 Å². The highest BCUT2D eigenvalue weighted by Gasteiger charge is 2.15. The van der Waals surface area contributed by atoms with Gasteiger partial charge in [0.05, 0.1) is 6.61 Å². The Morgan fingerprint density at radius 3 is 2.29 bits per heavy atom. The predicted octanol–water partition coefficient (Wildman–Crippen LogP) is 1.75. The Balaban J connectivity index is 3.61. The number of ether oxygens (including phenoxy) is 3. The van der Waals surface area contributed by atoms with E-state index < -0.39 is 18.5 Å². The molecule has 0 aromatic rings. The van der Waals surface area contributed by atoms with Gasteiger partial charge in [-0.05, 0) is 6.42 Å². The van der Waals surface area contributed by atoms with Gasteiger partial charge in [0.25, 0.3) is 0 Å². The van der Waals surface area contributed by atoms with Crippen LogP contribution < -0.4 is 0 Å². The van der Waals surface area contributed by atoms with Crippen LogP contribution in [-0.4, -0.2) is 30.2 Å². The highest BCUT2D eigenvalue weighted by atomic mass is 16.8. The molecule has 0 bridgehead atoms. The lowest BCUT2D eigenvalue weighted by molar-refractivity contribution is 0.0387. The maximum Gasteiger partial charge on any atom is 0.528 e. The predicted molar refractivity (Wildman–Crippen MR) is 41.8 cm³/mol. The van der Waals surface area contributed by atoms with Crippen molar-refractivity contribution < 1.29 is 33.7 Å². The molecule has 0 aliphatic rings. The first kappa shape index (κ1) is 12.2. The Labute approximate surface area is 79.5 Å². The lowest BCUT2D eigenvalue weighted by atomic mass is 10.4. The van der Waals surface area contributed by atoms with Gasteiger partial charge in [-0.15, -0.1) is 0 Å². The van der Waals surface area contributed by atoms with Gasteiger partial charge in [0.1, 0.15) is 0 Å². The summed E-state index contributed by atoms with van der Waals surface area (Å²) in [5, 5.41) is 7.94. The number of unbranched alkanes of at least 4 members (excludes halogenated alkanes) is 1. The minimum Gasteiger partial charge on any atom is -0.449 e. The van der Waals surface area contributed by atoms with Crippen LogP contribution in [0, 0.1) is 0 Å². The maximum atomic E-state index is 10.6. The van der Waals surface area contributed by atoms with E-state index in [0.29, 0.717) is 6.42 Å². The Bertz CT molecular complexity index is 222. The van der Waals surface area contributed by atoms with Gasteiger partial charge in [0, 0.05) is 0 Å². The van der Waals surface area contributed by atoms with Gasteiger partial charge in [-0.2, -0.15) is 0 Å². The fourth-order valence-electron chi connectivity index (χ4n) is 0.489. The van der Waals surface area contributed by atoms with Gasteiger partial charge in [0.15, 0.2) is 0 Å². The Hall–Kier alpha value is -1.79. The zero-order valence-corrected chi connectivity index (χ0v) is 7.52. The first-order valence-electron chi connectivity index (χ1n) is 3.85. The molecule has 0 spiro atoms. The van der Waals surface area contributed by atoms with E-state index in [2.05, 4.69) is 14.2 Å². The zero-order valence-electron chi connectivity index (χ0n) is 7.52. The van der Waals surface area contributed by atoms with Crippen molar-refractivity contribution in [2.75, 3.05) is 6.61 Å². The van der Waals surface area contributed by atoms with E-state index in [-0.39, 0.29) is 6.61 Å². The molecule has 80 valence electrons. The van der Waals surface area contributed by atoms with Crippen molar-refractivity contribution >= 4 is 18.5 Å². The van der Waals surface area contributed by atoms with Gasteiger partial charge < -0.3 is 19.3 Å². The third-order valence-corrected chi connectivity index (χ3v) is 1.06. The molecule has 1 N–H and O–H groups in total. The maximum absolute atomic E-state index is 10.6. The van der Waals surface area contributed by atoms with Crippen LogP contribution in [0.3, 0.4) is 0 Å². The average molecular weight is 206 g/mol. The van der Waals surface area contributed by atoms with Gasteiger partial charge >= 0.3 is 18.5 Å². The third kappa shape index (κ3) is 6.89. The summed E-state index contributed by atoms with van der Waals surface area (Å²) in [5.74, 6) is 0. The summed E-state index contributed by atoms with van der Waals surface area (Å²) in [7, 11) is 0. The molecule has 0 atom stereocenters. The zero-order chi connectivity index (χ0) is 11.0. The van der Waals surface area contributed by atoms with Crippen molar-refractivity contribution in [3.63, 3.8) is 0 Å². The fraction of sp³-hybridized carbons (Fsp3) is 0.571. The quantitative estimate of drug-likeness (QED) is 0.426. The monoisotopic (exact) mass is 206 g/mol. The first-order chi connectivity index (χ1) is 6.56. The number of hydrogen-bond donors (Lipinski definition) is 1. The van der Waals surface area contributed by atoms with Gasteiger partial charge in [0.2, 0.25) is 0 Å². The van der Waals surface area contributed by atoms with Crippen molar-refractivity contribution in [3.8, 4) is 0 Å². The minimum absolute atomic E-state index is 0.107. The molecule has 14 heavy (non-hydrogen) atoms. The average Bonchev–Trinajstić information content (AvgIpc) is 2.02. The summed E-state index contributed by atoms with van der Waals surface area (Å²) in [5.41, 5.74) is 0. The molecule has 0 radical (unpaired) electrons. The van der Waals surface area contributed by atoms with Crippen LogP contribution in [0.2, 0.25) is 0 Å². The van der Waals surface area contributed by atoms with Crippen LogP contribution in [0.1, 0.15) is 19.8 Å². The molecular formula is C7H10O7. The molecule has 0 aliphatic carbocycles. The van der Waals surface area contributed by atoms with E-state index >= 15 is 0 Å². The molecule has 0 aromatic carbocycles. The first-order valence-corrected chi connectivity index (χ1v) is 3.85. The largest absolute Gasteiger partial charge is 0.528 e. The second-order valence-corrected chi connectivity index (χ2v) is 2.17. The third-order valence-electron chi connectivity index (χ3n) is 1.06. The van der Waals surface area contributed by atoms with Crippen molar-refractivity contribution in [2.24, 2.45) is 0 Å². The number of hydrogen-bond acceptors (Lipinski definition) is 6. The second kappa shape index (κ2) is 6.70. The standard InChI is InChI=1S/C7H10O7/c1-2-3-4-12-6(10)14-7(11)13-5(8)9/h2-4H2,1H3,(H,8,9). The SMILES string of the molecule is CCCCOC(=O)OC(=O)OC(=O)O. The normalized spacial score (nSPS) is 8.93. The van der Waals surface area contributed by atoms with Crippen molar-refractivity contribution in [2.45, 2.75) is 19.8 Å². The van der Waals surface area contributed by atoms with Gasteiger partial charge in [-0.1, -0.05) is 13.3 Å².